The first-order valence-electron chi connectivity index (χ1n) is 5.38. The number of nitrogens with one attached hydrogen (secondary N) is 1. The summed E-state index contributed by atoms with van der Waals surface area (Å²) in [4.78, 5) is 4.07. The van der Waals surface area contributed by atoms with Gasteiger partial charge >= 0.3 is 0 Å². The molecule has 0 unspecified atom stereocenters. The van der Waals surface area contributed by atoms with Crippen molar-refractivity contribution in [1.82, 2.24) is 4.98 Å². The normalized spacial score (nSPS) is 11.9. The average molecular weight is 219 g/mol. The molecule has 86 valence electrons. The Morgan fingerprint density at radius 1 is 1.44 bits per heavy atom. The van der Waals surface area contributed by atoms with Crippen molar-refractivity contribution >= 4 is 16.8 Å². The Morgan fingerprint density at radius 3 is 3.00 bits per heavy atom. The highest BCUT2D eigenvalue weighted by molar-refractivity contribution is 5.76. The van der Waals surface area contributed by atoms with Gasteiger partial charge in [-0.2, -0.15) is 0 Å². The predicted octanol–water partition coefficient (Wildman–Crippen LogP) is 2.22. The smallest absolute Gasteiger partial charge is 0.181 e. The van der Waals surface area contributed by atoms with Gasteiger partial charge in [0.25, 0.3) is 0 Å². The first-order chi connectivity index (χ1) is 7.61. The number of rotatable bonds is 4. The number of hydrogen-bond donors (Lipinski definition) is 2. The van der Waals surface area contributed by atoms with Gasteiger partial charge in [0.05, 0.1) is 0 Å². The van der Waals surface area contributed by atoms with Crippen LogP contribution in [-0.4, -0.2) is 18.1 Å². The molecular weight excluding hydrogens is 202 g/mol. The number of benzene rings is 1. The summed E-state index contributed by atoms with van der Waals surface area (Å²) in [7, 11) is 0. The van der Waals surface area contributed by atoms with Crippen LogP contribution in [0.1, 0.15) is 13.8 Å². The zero-order valence-corrected chi connectivity index (χ0v) is 9.66. The quantitative estimate of drug-likeness (QED) is 0.827. The first kappa shape index (κ1) is 11.0. The summed E-state index contributed by atoms with van der Waals surface area (Å²) in [5.41, 5.74) is 8.48. The van der Waals surface area contributed by atoms with E-state index in [9.17, 15) is 0 Å². The Bertz CT molecular complexity index is 476. The lowest BCUT2D eigenvalue weighted by atomic mass is 9.94. The fourth-order valence-corrected chi connectivity index (χ4v) is 1.38. The molecule has 0 bridgehead atoms. The zero-order chi connectivity index (χ0) is 11.6. The Balaban J connectivity index is 2.09. The molecule has 4 heteroatoms. The lowest BCUT2D eigenvalue weighted by Crippen LogP contribution is -2.31. The highest BCUT2D eigenvalue weighted by Gasteiger charge is 2.14. The van der Waals surface area contributed by atoms with Crippen LogP contribution >= 0.6 is 0 Å². The van der Waals surface area contributed by atoms with Crippen molar-refractivity contribution in [3.05, 3.63) is 24.6 Å². The molecule has 0 aliphatic rings. The van der Waals surface area contributed by atoms with E-state index in [1.165, 1.54) is 6.39 Å². The molecule has 1 aromatic carbocycles. The van der Waals surface area contributed by atoms with E-state index in [2.05, 4.69) is 24.1 Å². The summed E-state index contributed by atoms with van der Waals surface area (Å²) < 4.78 is 5.24. The number of fused-ring (bicyclic) bond motifs is 1. The van der Waals surface area contributed by atoms with Crippen molar-refractivity contribution in [2.45, 2.75) is 13.8 Å². The summed E-state index contributed by atoms with van der Waals surface area (Å²) >= 11 is 0. The van der Waals surface area contributed by atoms with Gasteiger partial charge in [0.2, 0.25) is 0 Å². The van der Waals surface area contributed by atoms with E-state index in [-0.39, 0.29) is 5.41 Å². The Morgan fingerprint density at radius 2 is 2.25 bits per heavy atom. The Kier molecular flexibility index (Phi) is 2.83. The molecular formula is C12H17N3O. The van der Waals surface area contributed by atoms with Gasteiger partial charge in [0, 0.05) is 18.3 Å². The highest BCUT2D eigenvalue weighted by atomic mass is 16.3. The summed E-state index contributed by atoms with van der Waals surface area (Å²) in [5.74, 6) is 0. The Hall–Kier alpha value is -1.55. The number of anilines is 1. The molecule has 0 aliphatic carbocycles. The summed E-state index contributed by atoms with van der Waals surface area (Å²) in [5, 5.41) is 3.35. The molecule has 2 aromatic rings. The van der Waals surface area contributed by atoms with E-state index in [0.29, 0.717) is 6.54 Å². The van der Waals surface area contributed by atoms with E-state index in [1.807, 2.05) is 18.2 Å². The lowest BCUT2D eigenvalue weighted by Gasteiger charge is -2.23. The number of nitrogens with zero attached hydrogens (tertiary/aromatic N) is 1. The molecule has 0 aliphatic heterocycles. The molecule has 0 spiro atoms. The van der Waals surface area contributed by atoms with Crippen LogP contribution in [0.5, 0.6) is 0 Å². The second kappa shape index (κ2) is 4.14. The first-order valence-corrected chi connectivity index (χ1v) is 5.38. The molecule has 3 N–H and O–H groups in total. The third-order valence-electron chi connectivity index (χ3n) is 2.65. The van der Waals surface area contributed by atoms with Gasteiger partial charge in [-0.3, -0.25) is 0 Å². The van der Waals surface area contributed by atoms with E-state index >= 15 is 0 Å². The molecule has 0 atom stereocenters. The fourth-order valence-electron chi connectivity index (χ4n) is 1.38. The van der Waals surface area contributed by atoms with Crippen molar-refractivity contribution in [2.75, 3.05) is 18.4 Å². The van der Waals surface area contributed by atoms with Gasteiger partial charge in [-0.05, 0) is 24.1 Å². The van der Waals surface area contributed by atoms with Crippen LogP contribution in [0.4, 0.5) is 5.69 Å². The van der Waals surface area contributed by atoms with Crippen LogP contribution in [0.25, 0.3) is 11.1 Å². The molecule has 2 rings (SSSR count). The number of oxazole rings is 1. The summed E-state index contributed by atoms with van der Waals surface area (Å²) in [6.45, 7) is 5.76. The average Bonchev–Trinajstić information content (AvgIpc) is 2.73. The van der Waals surface area contributed by atoms with Crippen molar-refractivity contribution in [3.63, 3.8) is 0 Å². The van der Waals surface area contributed by atoms with Crippen LogP contribution in [0.2, 0.25) is 0 Å². The summed E-state index contributed by atoms with van der Waals surface area (Å²) in [6.07, 6.45) is 1.46. The number of aromatic nitrogens is 1. The predicted molar refractivity (Wildman–Crippen MR) is 65.3 cm³/mol. The molecule has 0 amide bonds. The molecule has 0 saturated heterocycles. The maximum atomic E-state index is 5.68. The van der Waals surface area contributed by atoms with E-state index < -0.39 is 0 Å². The summed E-state index contributed by atoms with van der Waals surface area (Å²) in [6, 6.07) is 5.89. The van der Waals surface area contributed by atoms with Crippen molar-refractivity contribution < 1.29 is 4.42 Å². The topological polar surface area (TPSA) is 64.1 Å². The SMILES string of the molecule is CC(C)(CN)CNc1ccc2ncoc2c1. The minimum atomic E-state index is 0.0936. The maximum Gasteiger partial charge on any atom is 0.181 e. The standard InChI is InChI=1S/C12H17N3O/c1-12(2,6-13)7-14-9-3-4-10-11(5-9)16-8-15-10/h3-5,8,14H,6-7,13H2,1-2H3. The van der Waals surface area contributed by atoms with Crippen molar-refractivity contribution in [3.8, 4) is 0 Å². The third-order valence-corrected chi connectivity index (χ3v) is 2.65. The van der Waals surface area contributed by atoms with Gasteiger partial charge < -0.3 is 15.5 Å². The zero-order valence-electron chi connectivity index (χ0n) is 9.66. The lowest BCUT2D eigenvalue weighted by molar-refractivity contribution is 0.405. The van der Waals surface area contributed by atoms with Crippen LogP contribution in [-0.2, 0) is 0 Å². The van der Waals surface area contributed by atoms with Crippen molar-refractivity contribution in [2.24, 2.45) is 11.1 Å². The molecule has 0 radical (unpaired) electrons. The van der Waals surface area contributed by atoms with Gasteiger partial charge in [0.1, 0.15) is 5.52 Å². The van der Waals surface area contributed by atoms with Crippen molar-refractivity contribution in [1.29, 1.82) is 0 Å². The van der Waals surface area contributed by atoms with Gasteiger partial charge in [0.15, 0.2) is 12.0 Å². The van der Waals surface area contributed by atoms with Crippen LogP contribution in [0, 0.1) is 5.41 Å². The molecule has 16 heavy (non-hydrogen) atoms. The second-order valence-corrected chi connectivity index (χ2v) is 4.76. The Labute approximate surface area is 94.8 Å². The van der Waals surface area contributed by atoms with Gasteiger partial charge in [-0.1, -0.05) is 13.8 Å². The van der Waals surface area contributed by atoms with Crippen LogP contribution in [0.15, 0.2) is 29.0 Å². The molecule has 1 heterocycles. The van der Waals surface area contributed by atoms with Crippen LogP contribution < -0.4 is 11.1 Å². The minimum absolute atomic E-state index is 0.0936. The molecule has 0 fully saturated rings. The minimum Gasteiger partial charge on any atom is -0.443 e. The molecule has 4 nitrogen and oxygen atoms in total. The van der Waals surface area contributed by atoms with Gasteiger partial charge in [-0.15, -0.1) is 0 Å². The largest absolute Gasteiger partial charge is 0.443 e. The van der Waals surface area contributed by atoms with Gasteiger partial charge in [-0.25, -0.2) is 4.98 Å². The number of hydrogen-bond acceptors (Lipinski definition) is 4. The van der Waals surface area contributed by atoms with Crippen LogP contribution in [0.3, 0.4) is 0 Å². The van der Waals surface area contributed by atoms with E-state index in [4.69, 9.17) is 10.2 Å². The number of nitrogens with two attached hydrogens (primary N) is 1. The monoisotopic (exact) mass is 219 g/mol. The second-order valence-electron chi connectivity index (χ2n) is 4.76. The maximum absolute atomic E-state index is 5.68. The van der Waals surface area contributed by atoms with E-state index in [1.54, 1.807) is 0 Å². The highest BCUT2D eigenvalue weighted by Crippen LogP contribution is 2.20. The molecule has 0 saturated carbocycles. The van der Waals surface area contributed by atoms with E-state index in [0.717, 1.165) is 23.3 Å². The fraction of sp³-hybridized carbons (Fsp3) is 0.417. The molecule has 1 aromatic heterocycles. The third kappa shape index (κ3) is 2.33.